The summed E-state index contributed by atoms with van der Waals surface area (Å²) >= 11 is 3.21. The number of sulfonamides is 1. The summed E-state index contributed by atoms with van der Waals surface area (Å²) in [5.41, 5.74) is 1.25. The summed E-state index contributed by atoms with van der Waals surface area (Å²) in [5.74, 6) is -0.0788. The maximum Gasteiger partial charge on any atom is 0.243 e. The van der Waals surface area contributed by atoms with Crippen molar-refractivity contribution in [2.75, 3.05) is 13.1 Å². The van der Waals surface area contributed by atoms with E-state index < -0.39 is 15.8 Å². The topological polar surface area (TPSA) is 77.3 Å². The van der Waals surface area contributed by atoms with Crippen LogP contribution in [-0.2, 0) is 16.6 Å². The van der Waals surface area contributed by atoms with E-state index >= 15 is 0 Å². The number of hydrogen-bond acceptors (Lipinski definition) is 5. The van der Waals surface area contributed by atoms with Crippen molar-refractivity contribution in [3.8, 4) is 0 Å². The van der Waals surface area contributed by atoms with Gasteiger partial charge in [-0.25, -0.2) is 12.8 Å². The van der Waals surface area contributed by atoms with Crippen molar-refractivity contribution in [3.63, 3.8) is 0 Å². The van der Waals surface area contributed by atoms with Crippen LogP contribution in [0.25, 0.3) is 11.0 Å². The first-order valence-electron chi connectivity index (χ1n) is 9.27. The molecule has 2 aromatic carbocycles. The maximum absolute atomic E-state index is 14.0. The molecule has 1 aliphatic heterocycles. The van der Waals surface area contributed by atoms with Gasteiger partial charge < -0.3 is 4.84 Å². The smallest absolute Gasteiger partial charge is 0.243 e. The largest absolute Gasteiger partial charge is 0.390 e. The predicted molar refractivity (Wildman–Crippen MR) is 109 cm³/mol. The Morgan fingerprint density at radius 2 is 2.10 bits per heavy atom. The van der Waals surface area contributed by atoms with Gasteiger partial charge in [0, 0.05) is 23.1 Å². The lowest BCUT2D eigenvalue weighted by Gasteiger charge is -2.30. The van der Waals surface area contributed by atoms with Gasteiger partial charge in [-0.3, -0.25) is 0 Å². The van der Waals surface area contributed by atoms with Gasteiger partial charge in [0.25, 0.3) is 0 Å². The number of benzene rings is 2. The molecule has 1 aromatic heterocycles. The fourth-order valence-corrected chi connectivity index (χ4v) is 5.37. The Bertz CT molecular complexity index is 1150. The lowest BCUT2D eigenvalue weighted by Crippen LogP contribution is -2.39. The molecule has 1 fully saturated rings. The third-order valence-electron chi connectivity index (χ3n) is 5.00. The van der Waals surface area contributed by atoms with E-state index in [1.54, 1.807) is 18.2 Å². The van der Waals surface area contributed by atoms with Crippen LogP contribution < -0.4 is 4.84 Å². The summed E-state index contributed by atoms with van der Waals surface area (Å²) in [5, 5.41) is 7.90. The molecule has 0 saturated carbocycles. The van der Waals surface area contributed by atoms with E-state index in [0.717, 1.165) is 17.7 Å². The minimum atomic E-state index is -3.62. The lowest BCUT2D eigenvalue weighted by molar-refractivity contribution is 0.0733. The van der Waals surface area contributed by atoms with E-state index in [-0.39, 0.29) is 11.5 Å². The summed E-state index contributed by atoms with van der Waals surface area (Å²) in [6.07, 6.45) is 1.88. The molecule has 0 radical (unpaired) electrons. The Labute approximate surface area is 176 Å². The van der Waals surface area contributed by atoms with Crippen LogP contribution in [-0.4, -0.2) is 41.0 Å². The molecule has 1 aliphatic rings. The zero-order chi connectivity index (χ0) is 20.6. The van der Waals surface area contributed by atoms with Gasteiger partial charge in [-0.15, -0.1) is 5.10 Å². The minimum Gasteiger partial charge on any atom is -0.390 e. The Morgan fingerprint density at radius 1 is 1.28 bits per heavy atom. The van der Waals surface area contributed by atoms with Crippen LogP contribution in [0.4, 0.5) is 4.39 Å². The Morgan fingerprint density at radius 3 is 2.86 bits per heavy atom. The van der Waals surface area contributed by atoms with Gasteiger partial charge in [0.05, 0.1) is 4.90 Å². The quantitative estimate of drug-likeness (QED) is 0.556. The van der Waals surface area contributed by atoms with E-state index in [2.05, 4.69) is 33.2 Å². The molecule has 0 spiro atoms. The van der Waals surface area contributed by atoms with Gasteiger partial charge >= 0.3 is 0 Å². The molecule has 3 aromatic rings. The van der Waals surface area contributed by atoms with Crippen LogP contribution in [0.5, 0.6) is 0 Å². The molecule has 154 valence electrons. The average Bonchev–Trinajstić information content (AvgIpc) is 3.09. The first kappa shape index (κ1) is 20.2. The zero-order valence-corrected chi connectivity index (χ0v) is 18.2. The molecule has 2 heterocycles. The number of aromatic nitrogens is 3. The molecule has 1 saturated heterocycles. The number of piperidine rings is 1. The van der Waals surface area contributed by atoms with E-state index in [9.17, 15) is 12.8 Å². The number of fused-ring (bicyclic) bond motifs is 1. The monoisotopic (exact) mass is 482 g/mol. The fraction of sp³-hybridized carbons (Fsp3) is 0.368. The number of rotatable bonds is 5. The standard InChI is InChI=1S/C19H20BrFN4O3S/c1-13-3-2-8-24(11-13)29(26,27)16-6-7-18-19(10-16)25(23-22-18)28-12-14-4-5-15(20)9-17(14)21/h4-7,9-10,13H,2-3,8,11-12H2,1H3. The lowest BCUT2D eigenvalue weighted by atomic mass is 10.0. The molecule has 1 unspecified atom stereocenters. The van der Waals surface area contributed by atoms with Crippen molar-refractivity contribution >= 4 is 37.0 Å². The maximum atomic E-state index is 14.0. The number of hydrogen-bond donors (Lipinski definition) is 0. The highest BCUT2D eigenvalue weighted by molar-refractivity contribution is 9.10. The second-order valence-corrected chi connectivity index (χ2v) is 10.1. The van der Waals surface area contributed by atoms with E-state index in [4.69, 9.17) is 4.84 Å². The second kappa shape index (κ2) is 8.00. The van der Waals surface area contributed by atoms with Crippen molar-refractivity contribution in [3.05, 3.63) is 52.3 Å². The molecular weight excluding hydrogens is 463 g/mol. The first-order chi connectivity index (χ1) is 13.8. The summed E-state index contributed by atoms with van der Waals surface area (Å²) in [6, 6.07) is 9.30. The fourth-order valence-electron chi connectivity index (χ4n) is 3.42. The third kappa shape index (κ3) is 4.15. The zero-order valence-electron chi connectivity index (χ0n) is 15.8. The van der Waals surface area contributed by atoms with Gasteiger partial charge in [0.1, 0.15) is 23.5 Å². The summed E-state index contributed by atoms with van der Waals surface area (Å²) in [6.45, 7) is 3.01. The Kier molecular flexibility index (Phi) is 5.58. The van der Waals surface area contributed by atoms with Gasteiger partial charge in [0.2, 0.25) is 10.0 Å². The van der Waals surface area contributed by atoms with Crippen LogP contribution in [0.3, 0.4) is 0 Å². The molecule has 0 amide bonds. The SMILES string of the molecule is CC1CCCN(S(=O)(=O)c2ccc3nnn(OCc4ccc(Br)cc4F)c3c2)C1. The number of nitrogens with zero attached hydrogens (tertiary/aromatic N) is 4. The van der Waals surface area contributed by atoms with Crippen LogP contribution in [0.15, 0.2) is 45.8 Å². The normalized spacial score (nSPS) is 18.2. The molecular formula is C19H20BrFN4O3S. The summed E-state index contributed by atoms with van der Waals surface area (Å²) < 4.78 is 42.3. The highest BCUT2D eigenvalue weighted by Gasteiger charge is 2.29. The highest BCUT2D eigenvalue weighted by Crippen LogP contribution is 2.25. The van der Waals surface area contributed by atoms with Gasteiger partial charge in [-0.2, -0.15) is 4.31 Å². The molecule has 29 heavy (non-hydrogen) atoms. The van der Waals surface area contributed by atoms with Crippen LogP contribution in [0, 0.1) is 11.7 Å². The van der Waals surface area contributed by atoms with Crippen molar-refractivity contribution in [2.45, 2.75) is 31.3 Å². The van der Waals surface area contributed by atoms with Gasteiger partial charge in [-0.05, 0) is 54.3 Å². The average molecular weight is 483 g/mol. The van der Waals surface area contributed by atoms with Crippen LogP contribution >= 0.6 is 15.9 Å². The van der Waals surface area contributed by atoms with Crippen molar-refractivity contribution in [1.82, 2.24) is 19.5 Å². The number of halogens is 2. The van der Waals surface area contributed by atoms with Crippen molar-refractivity contribution < 1.29 is 17.6 Å². The molecule has 1 atom stereocenters. The Hall–Kier alpha value is -2.04. The van der Waals surface area contributed by atoms with Gasteiger partial charge in [-0.1, -0.05) is 33.8 Å². The molecule has 0 bridgehead atoms. The second-order valence-electron chi connectivity index (χ2n) is 7.23. The summed E-state index contributed by atoms with van der Waals surface area (Å²) in [4.78, 5) is 6.88. The minimum absolute atomic E-state index is 0.0712. The first-order valence-corrected chi connectivity index (χ1v) is 11.5. The predicted octanol–water partition coefficient (Wildman–Crippen LogP) is 3.38. The molecule has 7 nitrogen and oxygen atoms in total. The van der Waals surface area contributed by atoms with Crippen LogP contribution in [0.1, 0.15) is 25.3 Å². The van der Waals surface area contributed by atoms with Crippen LogP contribution in [0.2, 0.25) is 0 Å². The van der Waals surface area contributed by atoms with Gasteiger partial charge in [0.15, 0.2) is 0 Å². The molecule has 0 N–H and O–H groups in total. The van der Waals surface area contributed by atoms with Crippen molar-refractivity contribution in [2.24, 2.45) is 5.92 Å². The molecule has 4 rings (SSSR count). The molecule has 0 aliphatic carbocycles. The van der Waals surface area contributed by atoms with E-state index in [1.165, 1.54) is 22.5 Å². The highest BCUT2D eigenvalue weighted by atomic mass is 79.9. The Balaban J connectivity index is 1.60. The summed E-state index contributed by atoms with van der Waals surface area (Å²) in [7, 11) is -3.62. The van der Waals surface area contributed by atoms with E-state index in [0.29, 0.717) is 40.1 Å². The molecule has 10 heteroatoms. The van der Waals surface area contributed by atoms with E-state index in [1.807, 2.05) is 0 Å². The third-order valence-corrected chi connectivity index (χ3v) is 7.36. The van der Waals surface area contributed by atoms with Crippen molar-refractivity contribution in [1.29, 1.82) is 0 Å².